The Labute approximate surface area is 255 Å². The minimum Gasteiger partial charge on any atom is -0.493 e. The average molecular weight is 619 g/mol. The average Bonchev–Trinajstić information content (AvgIpc) is 3.45. The number of ether oxygens (including phenoxy) is 3. The highest BCUT2D eigenvalue weighted by Crippen LogP contribution is 2.38. The molecule has 0 atom stereocenters. The van der Waals surface area contributed by atoms with Crippen molar-refractivity contribution in [1.29, 1.82) is 0 Å². The summed E-state index contributed by atoms with van der Waals surface area (Å²) in [6.45, 7) is 5.95. The molecule has 1 aliphatic heterocycles. The molecule has 0 radical (unpaired) electrons. The molecule has 1 fully saturated rings. The highest BCUT2D eigenvalue weighted by molar-refractivity contribution is 7.93. The number of hydrogen-bond donors (Lipinski definition) is 1. The third kappa shape index (κ3) is 6.70. The van der Waals surface area contributed by atoms with Crippen LogP contribution in [0, 0.1) is 0 Å². The van der Waals surface area contributed by atoms with Crippen LogP contribution < -0.4 is 18.9 Å². The predicted molar refractivity (Wildman–Crippen MR) is 171 cm³/mol. The maximum atomic E-state index is 13.2. The molecule has 43 heavy (non-hydrogen) atoms. The second-order valence-electron chi connectivity index (χ2n) is 10.5. The number of aromatic nitrogens is 1. The van der Waals surface area contributed by atoms with Gasteiger partial charge in [-0.15, -0.1) is 11.3 Å². The third-order valence-electron chi connectivity index (χ3n) is 7.51. The fraction of sp³-hybridized carbons (Fsp3) is 0.281. The topological polar surface area (TPSA) is 93.2 Å². The van der Waals surface area contributed by atoms with Gasteiger partial charge in [-0.2, -0.15) is 0 Å². The Morgan fingerprint density at radius 1 is 0.930 bits per heavy atom. The van der Waals surface area contributed by atoms with Crippen molar-refractivity contribution in [2.45, 2.75) is 11.3 Å². The van der Waals surface area contributed by atoms with Crippen molar-refractivity contribution in [3.63, 3.8) is 0 Å². The Morgan fingerprint density at radius 3 is 2.60 bits per heavy atom. The molecule has 1 N–H and O–H groups in total. The maximum Gasteiger partial charge on any atom is 0.263 e. The van der Waals surface area contributed by atoms with Crippen LogP contribution in [0.2, 0.25) is 0 Å². The SMILES string of the molecule is COc1cc2c(Oc3cccc(NS(=O)(=O)c4csc5ccccc45)c3)ccnc2cc1OCCCN1CCN(C)CC1. The van der Waals surface area contributed by atoms with Crippen molar-refractivity contribution in [3.05, 3.63) is 78.3 Å². The largest absolute Gasteiger partial charge is 0.493 e. The fourth-order valence-corrected chi connectivity index (χ4v) is 7.71. The molecule has 224 valence electrons. The van der Waals surface area contributed by atoms with Gasteiger partial charge in [0, 0.05) is 71.9 Å². The van der Waals surface area contributed by atoms with Gasteiger partial charge in [-0.05, 0) is 43.8 Å². The van der Waals surface area contributed by atoms with Gasteiger partial charge in [0.25, 0.3) is 10.0 Å². The number of likely N-dealkylation sites (N-methyl/N-ethyl adjacent to an activating group) is 1. The molecule has 0 unspecified atom stereocenters. The van der Waals surface area contributed by atoms with Gasteiger partial charge in [0.05, 0.1) is 24.9 Å². The van der Waals surface area contributed by atoms with Gasteiger partial charge in [0.2, 0.25) is 0 Å². The number of pyridine rings is 1. The summed E-state index contributed by atoms with van der Waals surface area (Å²) in [6, 6.07) is 19.8. The van der Waals surface area contributed by atoms with Crippen LogP contribution in [0.25, 0.3) is 21.0 Å². The van der Waals surface area contributed by atoms with Crippen LogP contribution in [0.4, 0.5) is 5.69 Å². The summed E-state index contributed by atoms with van der Waals surface area (Å²) in [5.74, 6) is 2.27. The molecule has 0 bridgehead atoms. The lowest BCUT2D eigenvalue weighted by molar-refractivity contribution is 0.145. The molecule has 11 heteroatoms. The van der Waals surface area contributed by atoms with Gasteiger partial charge >= 0.3 is 0 Å². The second-order valence-corrected chi connectivity index (χ2v) is 13.1. The number of methoxy groups -OCH3 is 1. The molecule has 0 amide bonds. The van der Waals surface area contributed by atoms with Crippen LogP contribution in [-0.2, 0) is 10.0 Å². The summed E-state index contributed by atoms with van der Waals surface area (Å²) in [7, 11) is -0.0214. The number of rotatable bonds is 11. The first-order valence-electron chi connectivity index (χ1n) is 14.2. The molecule has 1 aliphatic rings. The highest BCUT2D eigenvalue weighted by atomic mass is 32.2. The number of nitrogens with zero attached hydrogens (tertiary/aromatic N) is 3. The quantitative estimate of drug-likeness (QED) is 0.179. The minimum absolute atomic E-state index is 0.254. The Kier molecular flexibility index (Phi) is 8.66. The van der Waals surface area contributed by atoms with Crippen LogP contribution in [0.15, 0.2) is 83.2 Å². The van der Waals surface area contributed by atoms with Crippen molar-refractivity contribution >= 4 is 48.0 Å². The summed E-state index contributed by atoms with van der Waals surface area (Å²) in [5.41, 5.74) is 1.10. The van der Waals surface area contributed by atoms with Crippen LogP contribution >= 0.6 is 11.3 Å². The molecule has 6 rings (SSSR count). The normalized spacial score (nSPS) is 14.7. The summed E-state index contributed by atoms with van der Waals surface area (Å²) in [6.07, 6.45) is 2.60. The molecule has 0 aliphatic carbocycles. The van der Waals surface area contributed by atoms with E-state index in [0.29, 0.717) is 46.2 Å². The molecular formula is C32H34N4O5S2. The van der Waals surface area contributed by atoms with Gasteiger partial charge in [0.15, 0.2) is 11.5 Å². The monoisotopic (exact) mass is 618 g/mol. The van der Waals surface area contributed by atoms with Crippen molar-refractivity contribution in [2.75, 3.05) is 58.2 Å². The number of sulfonamides is 1. The van der Waals surface area contributed by atoms with E-state index in [1.165, 1.54) is 11.3 Å². The van der Waals surface area contributed by atoms with E-state index in [1.54, 1.807) is 49.0 Å². The first-order valence-corrected chi connectivity index (χ1v) is 16.5. The summed E-state index contributed by atoms with van der Waals surface area (Å²) < 4.78 is 48.1. The summed E-state index contributed by atoms with van der Waals surface area (Å²) >= 11 is 1.40. The Morgan fingerprint density at radius 2 is 1.77 bits per heavy atom. The lowest BCUT2D eigenvalue weighted by Crippen LogP contribution is -2.44. The van der Waals surface area contributed by atoms with E-state index in [9.17, 15) is 8.42 Å². The Hall–Kier alpha value is -3.90. The van der Waals surface area contributed by atoms with E-state index in [-0.39, 0.29) is 4.90 Å². The van der Waals surface area contributed by atoms with E-state index in [1.807, 2.05) is 36.4 Å². The van der Waals surface area contributed by atoms with Gasteiger partial charge in [-0.1, -0.05) is 24.3 Å². The van der Waals surface area contributed by atoms with Crippen LogP contribution in [0.3, 0.4) is 0 Å². The molecule has 5 aromatic rings. The van der Waals surface area contributed by atoms with Crippen molar-refractivity contribution in [1.82, 2.24) is 14.8 Å². The molecule has 2 aromatic heterocycles. The minimum atomic E-state index is -3.79. The fourth-order valence-electron chi connectivity index (χ4n) is 5.15. The first kappa shape index (κ1) is 29.2. The number of fused-ring (bicyclic) bond motifs is 2. The molecule has 3 heterocycles. The molecule has 3 aromatic carbocycles. The number of nitrogens with one attached hydrogen (secondary N) is 1. The van der Waals surface area contributed by atoms with Crippen LogP contribution in [-0.4, -0.2) is 76.7 Å². The Balaban J connectivity index is 1.16. The van der Waals surface area contributed by atoms with Crippen molar-refractivity contribution in [3.8, 4) is 23.0 Å². The standard InChI is InChI=1S/C32H34N4O5S2/c1-35-14-16-36(17-15-35)13-6-18-40-30-21-27-26(20-29(30)39-2)28(11-12-33-27)41-24-8-5-7-23(19-24)34-43(37,38)32-22-42-31-10-4-3-9-25(31)32/h3-5,7-12,19-22,34H,6,13-18H2,1-2H3. The number of hydrogen-bond acceptors (Lipinski definition) is 9. The van der Waals surface area contributed by atoms with Crippen molar-refractivity contribution < 1.29 is 22.6 Å². The van der Waals surface area contributed by atoms with E-state index < -0.39 is 10.0 Å². The zero-order valence-corrected chi connectivity index (χ0v) is 25.8. The molecule has 0 saturated carbocycles. The first-order chi connectivity index (χ1) is 20.9. The van der Waals surface area contributed by atoms with Gasteiger partial charge in [-0.3, -0.25) is 9.71 Å². The van der Waals surface area contributed by atoms with Gasteiger partial charge < -0.3 is 24.0 Å². The smallest absolute Gasteiger partial charge is 0.263 e. The van der Waals surface area contributed by atoms with Gasteiger partial charge in [-0.25, -0.2) is 8.42 Å². The second kappa shape index (κ2) is 12.8. The summed E-state index contributed by atoms with van der Waals surface area (Å²) in [5, 5.41) is 3.11. The molecular weight excluding hydrogens is 585 g/mol. The van der Waals surface area contributed by atoms with E-state index in [4.69, 9.17) is 14.2 Å². The van der Waals surface area contributed by atoms with E-state index >= 15 is 0 Å². The maximum absolute atomic E-state index is 13.2. The van der Waals surface area contributed by atoms with Gasteiger partial charge in [0.1, 0.15) is 16.4 Å². The lowest BCUT2D eigenvalue weighted by atomic mass is 10.1. The number of thiophene rings is 1. The van der Waals surface area contributed by atoms with Crippen molar-refractivity contribution in [2.24, 2.45) is 0 Å². The number of piperazine rings is 1. The zero-order valence-electron chi connectivity index (χ0n) is 24.2. The number of anilines is 1. The molecule has 9 nitrogen and oxygen atoms in total. The third-order valence-corrected chi connectivity index (χ3v) is 10.0. The number of benzene rings is 3. The molecule has 0 spiro atoms. The summed E-state index contributed by atoms with van der Waals surface area (Å²) in [4.78, 5) is 9.60. The Bertz CT molecular complexity index is 1830. The molecule has 1 saturated heterocycles. The van der Waals surface area contributed by atoms with Crippen LogP contribution in [0.1, 0.15) is 6.42 Å². The zero-order chi connectivity index (χ0) is 29.8. The van der Waals surface area contributed by atoms with E-state index in [2.05, 4.69) is 26.6 Å². The highest BCUT2D eigenvalue weighted by Gasteiger charge is 2.20. The van der Waals surface area contributed by atoms with Crippen LogP contribution in [0.5, 0.6) is 23.0 Å². The lowest BCUT2D eigenvalue weighted by Gasteiger charge is -2.32. The van der Waals surface area contributed by atoms with E-state index in [0.717, 1.165) is 49.2 Å². The predicted octanol–water partition coefficient (Wildman–Crippen LogP) is 6.07.